The van der Waals surface area contributed by atoms with Gasteiger partial charge in [-0.05, 0) is 28.4 Å². The molecule has 0 fully saturated rings. The van der Waals surface area contributed by atoms with E-state index in [-0.39, 0.29) is 6.04 Å². The monoisotopic (exact) mass is 277 g/mol. The van der Waals surface area contributed by atoms with Gasteiger partial charge >= 0.3 is 5.97 Å². The summed E-state index contributed by atoms with van der Waals surface area (Å²) in [7, 11) is 0. The van der Waals surface area contributed by atoms with E-state index in [0.29, 0.717) is 6.42 Å². The summed E-state index contributed by atoms with van der Waals surface area (Å²) < 4.78 is 0.996. The molecule has 0 aromatic carbocycles. The van der Waals surface area contributed by atoms with Crippen molar-refractivity contribution in [2.45, 2.75) is 19.4 Å². The minimum Gasteiger partial charge on any atom is -0.481 e. The third kappa shape index (κ3) is 3.08. The van der Waals surface area contributed by atoms with E-state index in [1.54, 1.807) is 18.3 Å². The van der Waals surface area contributed by atoms with Gasteiger partial charge in [0.05, 0.1) is 5.92 Å². The van der Waals surface area contributed by atoms with Crippen LogP contribution in [0.1, 0.15) is 24.3 Å². The minimum atomic E-state index is -0.795. The smallest absolute Gasteiger partial charge is 0.306 e. The largest absolute Gasteiger partial charge is 0.481 e. The normalized spacial score (nSPS) is 15.1. The van der Waals surface area contributed by atoms with E-state index in [0.717, 1.165) is 9.35 Å². The lowest BCUT2D eigenvalue weighted by atomic mass is 10.0. The quantitative estimate of drug-likeness (QED) is 0.889. The van der Waals surface area contributed by atoms with Crippen LogP contribution in [0, 0.1) is 5.92 Å². The first-order valence-corrected chi connectivity index (χ1v) is 5.90. The molecule has 1 rings (SSSR count). The van der Waals surface area contributed by atoms with Crippen LogP contribution in [0.4, 0.5) is 0 Å². The van der Waals surface area contributed by atoms with E-state index >= 15 is 0 Å². The highest BCUT2D eigenvalue weighted by Crippen LogP contribution is 2.27. The van der Waals surface area contributed by atoms with Crippen molar-refractivity contribution in [3.8, 4) is 0 Å². The van der Waals surface area contributed by atoms with Gasteiger partial charge in [-0.15, -0.1) is 11.3 Å². The summed E-state index contributed by atoms with van der Waals surface area (Å²) in [4.78, 5) is 11.6. The van der Waals surface area contributed by atoms with Crippen LogP contribution in [0.25, 0.3) is 0 Å². The fraction of sp³-hybridized carbons (Fsp3) is 0.444. The van der Waals surface area contributed by atoms with Gasteiger partial charge < -0.3 is 10.8 Å². The molecule has 3 nitrogen and oxygen atoms in total. The molecule has 1 aromatic heterocycles. The third-order valence-electron chi connectivity index (χ3n) is 1.98. The van der Waals surface area contributed by atoms with Crippen molar-refractivity contribution in [2.24, 2.45) is 11.7 Å². The molecular weight excluding hydrogens is 266 g/mol. The number of nitrogens with two attached hydrogens (primary N) is 1. The number of halogens is 1. The predicted octanol–water partition coefficient (Wildman–Crippen LogP) is 2.62. The Kier molecular flexibility index (Phi) is 4.10. The summed E-state index contributed by atoms with van der Waals surface area (Å²) in [6.45, 7) is 1.67. The van der Waals surface area contributed by atoms with Crippen molar-refractivity contribution < 1.29 is 9.90 Å². The minimum absolute atomic E-state index is 0.183. The highest BCUT2D eigenvalue weighted by atomic mass is 79.9. The number of rotatable bonds is 4. The molecule has 0 amide bonds. The first-order chi connectivity index (χ1) is 6.50. The van der Waals surface area contributed by atoms with Gasteiger partial charge in [0.2, 0.25) is 0 Å². The van der Waals surface area contributed by atoms with Crippen LogP contribution >= 0.6 is 27.3 Å². The molecule has 5 heteroatoms. The van der Waals surface area contributed by atoms with E-state index in [1.807, 2.05) is 11.4 Å². The van der Waals surface area contributed by atoms with Gasteiger partial charge in [-0.3, -0.25) is 4.79 Å². The van der Waals surface area contributed by atoms with E-state index in [4.69, 9.17) is 10.8 Å². The second-order valence-electron chi connectivity index (χ2n) is 3.25. The maximum Gasteiger partial charge on any atom is 0.306 e. The number of thiophene rings is 1. The van der Waals surface area contributed by atoms with Gasteiger partial charge in [0.15, 0.2) is 0 Å². The zero-order chi connectivity index (χ0) is 10.7. The zero-order valence-electron chi connectivity index (χ0n) is 7.74. The third-order valence-corrected chi connectivity index (χ3v) is 3.81. The van der Waals surface area contributed by atoms with Crippen LogP contribution in [0.15, 0.2) is 15.9 Å². The molecule has 0 radical (unpaired) electrons. The molecule has 2 atom stereocenters. The first-order valence-electron chi connectivity index (χ1n) is 4.23. The number of carboxylic acid groups (broad SMARTS) is 1. The number of hydrogen-bond acceptors (Lipinski definition) is 3. The fourth-order valence-electron chi connectivity index (χ4n) is 1.12. The zero-order valence-corrected chi connectivity index (χ0v) is 10.1. The molecule has 2 unspecified atom stereocenters. The van der Waals surface area contributed by atoms with Crippen LogP contribution in [0.3, 0.4) is 0 Å². The van der Waals surface area contributed by atoms with E-state index < -0.39 is 11.9 Å². The molecular formula is C9H12BrNO2S. The summed E-state index contributed by atoms with van der Waals surface area (Å²) >= 11 is 4.88. The highest BCUT2D eigenvalue weighted by molar-refractivity contribution is 9.10. The lowest BCUT2D eigenvalue weighted by Gasteiger charge is -2.12. The van der Waals surface area contributed by atoms with Crippen LogP contribution in [-0.2, 0) is 4.79 Å². The second kappa shape index (κ2) is 4.91. The average molecular weight is 278 g/mol. The molecule has 0 aliphatic carbocycles. The lowest BCUT2D eigenvalue weighted by Crippen LogP contribution is -2.18. The Morgan fingerprint density at radius 1 is 1.79 bits per heavy atom. The summed E-state index contributed by atoms with van der Waals surface area (Å²) in [5.74, 6) is -1.19. The molecule has 1 heterocycles. The summed E-state index contributed by atoms with van der Waals surface area (Å²) in [5, 5.41) is 10.7. The molecule has 14 heavy (non-hydrogen) atoms. The molecule has 0 saturated heterocycles. The molecule has 78 valence electrons. The van der Waals surface area contributed by atoms with Crippen LogP contribution in [0.2, 0.25) is 0 Å². The van der Waals surface area contributed by atoms with Crippen molar-refractivity contribution in [1.29, 1.82) is 0 Å². The Morgan fingerprint density at radius 3 is 2.86 bits per heavy atom. The molecule has 1 aromatic rings. The van der Waals surface area contributed by atoms with Gasteiger partial charge in [0.1, 0.15) is 0 Å². The lowest BCUT2D eigenvalue weighted by molar-refractivity contribution is -0.141. The Bertz CT molecular complexity index is 326. The van der Waals surface area contributed by atoms with Crippen molar-refractivity contribution in [2.75, 3.05) is 0 Å². The van der Waals surface area contributed by atoms with Gasteiger partial charge in [-0.1, -0.05) is 6.92 Å². The Morgan fingerprint density at radius 2 is 2.43 bits per heavy atom. The van der Waals surface area contributed by atoms with Crippen molar-refractivity contribution >= 4 is 33.2 Å². The Hall–Kier alpha value is -0.390. The Balaban J connectivity index is 2.58. The maximum atomic E-state index is 10.6. The number of aliphatic carboxylic acids is 1. The van der Waals surface area contributed by atoms with E-state index in [1.165, 1.54) is 0 Å². The van der Waals surface area contributed by atoms with E-state index in [2.05, 4.69) is 15.9 Å². The second-order valence-corrected chi connectivity index (χ2v) is 5.11. The van der Waals surface area contributed by atoms with Gasteiger partial charge in [0, 0.05) is 20.8 Å². The van der Waals surface area contributed by atoms with Gasteiger partial charge in [0.25, 0.3) is 0 Å². The standard InChI is InChI=1S/C9H12BrNO2S/c1-5(9(12)13)2-7(11)8-3-6(10)4-14-8/h3-5,7H,2,11H2,1H3,(H,12,13). The predicted molar refractivity (Wildman–Crippen MR) is 60.4 cm³/mol. The maximum absolute atomic E-state index is 10.6. The average Bonchev–Trinajstić information content (AvgIpc) is 2.51. The number of carboxylic acids is 1. The van der Waals surface area contributed by atoms with Crippen molar-refractivity contribution in [3.05, 3.63) is 20.8 Å². The van der Waals surface area contributed by atoms with Crippen molar-refractivity contribution in [1.82, 2.24) is 0 Å². The molecule has 0 aliphatic heterocycles. The fourth-order valence-corrected chi connectivity index (χ4v) is 2.58. The van der Waals surface area contributed by atoms with Crippen LogP contribution in [-0.4, -0.2) is 11.1 Å². The number of carbonyl (C=O) groups is 1. The number of hydrogen-bond donors (Lipinski definition) is 2. The summed E-state index contributed by atoms with van der Waals surface area (Å²) in [6, 6.07) is 1.75. The molecule has 0 aliphatic rings. The Labute approximate surface area is 95.1 Å². The molecule has 0 spiro atoms. The molecule has 3 N–H and O–H groups in total. The van der Waals surface area contributed by atoms with Gasteiger partial charge in [-0.25, -0.2) is 0 Å². The molecule has 0 bridgehead atoms. The first kappa shape index (κ1) is 11.7. The van der Waals surface area contributed by atoms with Gasteiger partial charge in [-0.2, -0.15) is 0 Å². The topological polar surface area (TPSA) is 63.3 Å². The summed E-state index contributed by atoms with van der Waals surface area (Å²) in [5.41, 5.74) is 5.87. The van der Waals surface area contributed by atoms with E-state index in [9.17, 15) is 4.79 Å². The molecule has 0 saturated carbocycles. The van der Waals surface area contributed by atoms with Crippen LogP contribution in [0.5, 0.6) is 0 Å². The SMILES string of the molecule is CC(CC(N)c1cc(Br)cs1)C(=O)O. The van der Waals surface area contributed by atoms with Crippen LogP contribution < -0.4 is 5.73 Å². The highest BCUT2D eigenvalue weighted by Gasteiger charge is 2.17. The summed E-state index contributed by atoms with van der Waals surface area (Å²) in [6.07, 6.45) is 0.474. The van der Waals surface area contributed by atoms with Crippen molar-refractivity contribution in [3.63, 3.8) is 0 Å².